The fourth-order valence-electron chi connectivity index (χ4n) is 3.87. The minimum atomic E-state index is -0.762. The van der Waals surface area contributed by atoms with Crippen LogP contribution < -0.4 is 4.74 Å². The number of benzene rings is 1. The lowest BCUT2D eigenvalue weighted by Crippen LogP contribution is -2.48. The highest BCUT2D eigenvalue weighted by molar-refractivity contribution is 5.84. The molecule has 2 aromatic rings. The van der Waals surface area contributed by atoms with Gasteiger partial charge in [0.25, 0.3) is 0 Å². The maximum atomic E-state index is 6.33. The number of fused-ring (bicyclic) bond motifs is 1. The van der Waals surface area contributed by atoms with Gasteiger partial charge in [-0.1, -0.05) is 31.5 Å². The van der Waals surface area contributed by atoms with Gasteiger partial charge in [0, 0.05) is 18.2 Å². The molecule has 1 aromatic heterocycles. The Hall–Kier alpha value is -1.89. The van der Waals surface area contributed by atoms with Crippen molar-refractivity contribution in [1.82, 2.24) is 4.98 Å². The van der Waals surface area contributed by atoms with Crippen molar-refractivity contribution in [2.45, 2.75) is 25.4 Å². The molecule has 220 valence electrons. The highest BCUT2D eigenvalue weighted by atomic mass is 16.6. The Kier molecular flexibility index (Phi) is 16.3. The zero-order valence-electron chi connectivity index (χ0n) is 23.3. The Morgan fingerprint density at radius 1 is 0.718 bits per heavy atom. The number of ether oxygens (including phenoxy) is 9. The number of unbranched alkanes of at least 4 members (excludes halogenated alkanes) is 1. The highest BCUT2D eigenvalue weighted by Crippen LogP contribution is 2.22. The van der Waals surface area contributed by atoms with Gasteiger partial charge in [0.05, 0.1) is 92.5 Å². The van der Waals surface area contributed by atoms with Crippen LogP contribution in [0.15, 0.2) is 36.5 Å². The van der Waals surface area contributed by atoms with Crippen LogP contribution in [0.1, 0.15) is 19.8 Å². The summed E-state index contributed by atoms with van der Waals surface area (Å²) in [7, 11) is 0. The lowest BCUT2D eigenvalue weighted by molar-refractivity contribution is -0.177. The van der Waals surface area contributed by atoms with Crippen molar-refractivity contribution in [2.75, 3.05) is 106 Å². The Labute approximate surface area is 232 Å². The van der Waals surface area contributed by atoms with E-state index in [2.05, 4.69) is 11.9 Å². The number of aromatic nitrogens is 1. The van der Waals surface area contributed by atoms with E-state index in [0.29, 0.717) is 106 Å². The molecule has 0 unspecified atom stereocenters. The standard InChI is InChI=1S/C29H45NO9/c1-2-3-10-35-23-29(24-36-17-15-32-13-11-31-12-14-33-16-18-37-25-29)39-22-20-34-19-21-38-27-8-4-6-26-7-5-9-30-28(26)27/h4-9H,2-3,10-25H2,1H3. The number of pyridine rings is 1. The Morgan fingerprint density at radius 2 is 1.36 bits per heavy atom. The van der Waals surface area contributed by atoms with Crippen LogP contribution in [0, 0.1) is 0 Å². The van der Waals surface area contributed by atoms with Gasteiger partial charge in [-0.15, -0.1) is 0 Å². The summed E-state index contributed by atoms with van der Waals surface area (Å²) < 4.78 is 52.5. The molecule has 3 rings (SSSR count). The average Bonchev–Trinajstić information content (AvgIpc) is 2.96. The maximum Gasteiger partial charge on any atom is 0.145 e. The fraction of sp³-hybridized carbons (Fsp3) is 0.690. The van der Waals surface area contributed by atoms with Gasteiger partial charge in [0.2, 0.25) is 0 Å². The molecule has 0 atom stereocenters. The second-order valence-electron chi connectivity index (χ2n) is 9.17. The van der Waals surface area contributed by atoms with Crippen molar-refractivity contribution < 1.29 is 42.6 Å². The normalized spacial score (nSPS) is 18.2. The number of rotatable bonds is 13. The van der Waals surface area contributed by atoms with Crippen LogP contribution >= 0.6 is 0 Å². The topological polar surface area (TPSA) is 96.0 Å². The van der Waals surface area contributed by atoms with Crippen LogP contribution in [0.5, 0.6) is 5.75 Å². The van der Waals surface area contributed by atoms with Gasteiger partial charge in [-0.05, 0) is 18.6 Å². The van der Waals surface area contributed by atoms with Crippen LogP contribution in [0.2, 0.25) is 0 Å². The van der Waals surface area contributed by atoms with E-state index in [0.717, 1.165) is 29.5 Å². The highest BCUT2D eigenvalue weighted by Gasteiger charge is 2.33. The summed E-state index contributed by atoms with van der Waals surface area (Å²) >= 11 is 0. The van der Waals surface area contributed by atoms with Gasteiger partial charge in [-0.25, -0.2) is 0 Å². The van der Waals surface area contributed by atoms with E-state index in [1.807, 2.05) is 30.3 Å². The monoisotopic (exact) mass is 551 g/mol. The van der Waals surface area contributed by atoms with Gasteiger partial charge in [0.15, 0.2) is 0 Å². The summed E-state index contributed by atoms with van der Waals surface area (Å²) in [6, 6.07) is 9.82. The summed E-state index contributed by atoms with van der Waals surface area (Å²) in [6.07, 6.45) is 3.81. The Bertz CT molecular complexity index is 863. The van der Waals surface area contributed by atoms with Crippen molar-refractivity contribution >= 4 is 10.9 Å². The number of nitrogens with zero attached hydrogens (tertiary/aromatic N) is 1. The van der Waals surface area contributed by atoms with Crippen molar-refractivity contribution in [1.29, 1.82) is 0 Å². The molecule has 0 N–H and O–H groups in total. The molecule has 0 bridgehead atoms. The van der Waals surface area contributed by atoms with Crippen LogP contribution in [-0.2, 0) is 37.9 Å². The van der Waals surface area contributed by atoms with E-state index in [1.54, 1.807) is 6.20 Å². The first kappa shape index (κ1) is 31.6. The molecule has 0 spiro atoms. The first-order valence-corrected chi connectivity index (χ1v) is 14.0. The minimum Gasteiger partial charge on any atom is -0.489 e. The van der Waals surface area contributed by atoms with E-state index in [4.69, 9.17) is 42.6 Å². The third-order valence-electron chi connectivity index (χ3n) is 5.94. The van der Waals surface area contributed by atoms with Crippen LogP contribution in [0.25, 0.3) is 10.9 Å². The van der Waals surface area contributed by atoms with Crippen LogP contribution in [0.3, 0.4) is 0 Å². The van der Waals surface area contributed by atoms with Gasteiger partial charge < -0.3 is 42.6 Å². The van der Waals surface area contributed by atoms with E-state index in [-0.39, 0.29) is 0 Å². The van der Waals surface area contributed by atoms with E-state index < -0.39 is 5.60 Å². The SMILES string of the molecule is CCCCOCC1(OCCOCCOc2cccc3cccnc23)COCCOCCOCCOCCOC1. The van der Waals surface area contributed by atoms with Gasteiger partial charge in [-0.2, -0.15) is 0 Å². The van der Waals surface area contributed by atoms with Crippen LogP contribution in [-0.4, -0.2) is 116 Å². The molecule has 2 heterocycles. The number of hydrogen-bond donors (Lipinski definition) is 0. The Balaban J connectivity index is 1.45. The van der Waals surface area contributed by atoms with E-state index >= 15 is 0 Å². The number of para-hydroxylation sites is 1. The van der Waals surface area contributed by atoms with Gasteiger partial charge >= 0.3 is 0 Å². The van der Waals surface area contributed by atoms with E-state index in [1.165, 1.54) is 0 Å². The van der Waals surface area contributed by atoms with Crippen molar-refractivity contribution in [3.8, 4) is 5.75 Å². The maximum absolute atomic E-state index is 6.33. The second kappa shape index (κ2) is 20.1. The van der Waals surface area contributed by atoms with Crippen molar-refractivity contribution in [3.63, 3.8) is 0 Å². The van der Waals surface area contributed by atoms with Crippen molar-refractivity contribution in [3.05, 3.63) is 36.5 Å². The molecule has 39 heavy (non-hydrogen) atoms. The molecule has 1 aliphatic heterocycles. The smallest absolute Gasteiger partial charge is 0.145 e. The first-order valence-electron chi connectivity index (χ1n) is 14.0. The third-order valence-corrected chi connectivity index (χ3v) is 5.94. The second-order valence-corrected chi connectivity index (χ2v) is 9.17. The third kappa shape index (κ3) is 12.9. The molecule has 0 aliphatic carbocycles. The first-order chi connectivity index (χ1) is 19.3. The Morgan fingerprint density at radius 3 is 2.05 bits per heavy atom. The van der Waals surface area contributed by atoms with E-state index in [9.17, 15) is 0 Å². The zero-order chi connectivity index (χ0) is 27.3. The molecule has 0 saturated carbocycles. The lowest BCUT2D eigenvalue weighted by Gasteiger charge is -2.33. The predicted molar refractivity (Wildman–Crippen MR) is 147 cm³/mol. The molecule has 10 heteroatoms. The summed E-state index contributed by atoms with van der Waals surface area (Å²) in [5.41, 5.74) is 0.0834. The summed E-state index contributed by atoms with van der Waals surface area (Å²) in [6.45, 7) is 9.34. The molecule has 1 aromatic carbocycles. The van der Waals surface area contributed by atoms with Crippen molar-refractivity contribution in [2.24, 2.45) is 0 Å². The molecule has 1 aliphatic rings. The largest absolute Gasteiger partial charge is 0.489 e. The summed E-state index contributed by atoms with van der Waals surface area (Å²) in [4.78, 5) is 4.42. The summed E-state index contributed by atoms with van der Waals surface area (Å²) in [5, 5.41) is 1.04. The fourth-order valence-corrected chi connectivity index (χ4v) is 3.87. The quantitative estimate of drug-likeness (QED) is 0.345. The molecule has 1 fully saturated rings. The van der Waals surface area contributed by atoms with Crippen LogP contribution in [0.4, 0.5) is 0 Å². The predicted octanol–water partition coefficient (Wildman–Crippen LogP) is 3.30. The molecular weight excluding hydrogens is 506 g/mol. The molecule has 0 radical (unpaired) electrons. The molecule has 10 nitrogen and oxygen atoms in total. The average molecular weight is 552 g/mol. The van der Waals surface area contributed by atoms with Gasteiger partial charge in [-0.3, -0.25) is 4.98 Å². The zero-order valence-corrected chi connectivity index (χ0v) is 23.3. The minimum absolute atomic E-state index is 0.317. The summed E-state index contributed by atoms with van der Waals surface area (Å²) in [5.74, 6) is 0.747. The number of hydrogen-bond acceptors (Lipinski definition) is 10. The lowest BCUT2D eigenvalue weighted by atomic mass is 10.1. The van der Waals surface area contributed by atoms with Gasteiger partial charge in [0.1, 0.15) is 23.5 Å². The molecule has 1 saturated heterocycles. The molecular formula is C29H45NO9. The molecule has 0 amide bonds.